The van der Waals surface area contributed by atoms with E-state index in [0.717, 1.165) is 24.9 Å². The number of fused-ring (bicyclic) bond motifs is 1. The van der Waals surface area contributed by atoms with Crippen molar-refractivity contribution in [3.63, 3.8) is 0 Å². The van der Waals surface area contributed by atoms with Crippen LogP contribution >= 0.6 is 0 Å². The summed E-state index contributed by atoms with van der Waals surface area (Å²) in [7, 11) is 0. The van der Waals surface area contributed by atoms with Crippen LogP contribution in [0.2, 0.25) is 0 Å². The summed E-state index contributed by atoms with van der Waals surface area (Å²) in [5.74, 6) is 1.26. The van der Waals surface area contributed by atoms with Gasteiger partial charge in [-0.1, -0.05) is 32.9 Å². The summed E-state index contributed by atoms with van der Waals surface area (Å²) in [4.78, 5) is 7.45. The third kappa shape index (κ3) is 4.33. The molecule has 0 bridgehead atoms. The molecular weight excluding hydrogens is 270 g/mol. The second kappa shape index (κ2) is 8.94. The molecule has 0 N–H and O–H groups in total. The Kier molecular flexibility index (Phi) is 6.91. The Morgan fingerprint density at radius 3 is 2.36 bits per heavy atom. The van der Waals surface area contributed by atoms with Crippen LogP contribution in [0.1, 0.15) is 52.3 Å². The van der Waals surface area contributed by atoms with Gasteiger partial charge in [-0.2, -0.15) is 0 Å². The number of hydrogen-bond donors (Lipinski definition) is 0. The fourth-order valence-corrected chi connectivity index (χ4v) is 3.22. The zero-order valence-corrected chi connectivity index (χ0v) is 14.5. The standard InChI is InChI=1S/C19H31N3/c1-4-13-21(14-5-2)16-9-12-19-20-17-10-7-8-11-18(17)22(19)15-6-3/h7-8,10-11H,4-6,9,12-16H2,1-3H3. The van der Waals surface area contributed by atoms with Crippen molar-refractivity contribution in [2.75, 3.05) is 19.6 Å². The molecule has 0 saturated carbocycles. The number of rotatable bonds is 10. The Balaban J connectivity index is 2.02. The van der Waals surface area contributed by atoms with E-state index in [0.29, 0.717) is 0 Å². The minimum absolute atomic E-state index is 1.07. The van der Waals surface area contributed by atoms with Crippen LogP contribution in [0.3, 0.4) is 0 Å². The molecule has 0 aliphatic carbocycles. The van der Waals surface area contributed by atoms with Crippen molar-refractivity contribution in [3.05, 3.63) is 30.1 Å². The van der Waals surface area contributed by atoms with Gasteiger partial charge in [0, 0.05) is 13.0 Å². The highest BCUT2D eigenvalue weighted by molar-refractivity contribution is 5.75. The van der Waals surface area contributed by atoms with E-state index < -0.39 is 0 Å². The number of aromatic nitrogens is 2. The minimum atomic E-state index is 1.07. The van der Waals surface area contributed by atoms with Crippen LogP contribution in [0.5, 0.6) is 0 Å². The smallest absolute Gasteiger partial charge is 0.109 e. The molecule has 0 atom stereocenters. The summed E-state index contributed by atoms with van der Waals surface area (Å²) in [5.41, 5.74) is 2.43. The van der Waals surface area contributed by atoms with Gasteiger partial charge in [0.05, 0.1) is 11.0 Å². The van der Waals surface area contributed by atoms with Crippen molar-refractivity contribution >= 4 is 11.0 Å². The highest BCUT2D eigenvalue weighted by Crippen LogP contribution is 2.17. The third-order valence-electron chi connectivity index (χ3n) is 4.14. The van der Waals surface area contributed by atoms with Crippen LogP contribution in [0.15, 0.2) is 24.3 Å². The molecule has 22 heavy (non-hydrogen) atoms. The Morgan fingerprint density at radius 2 is 1.68 bits per heavy atom. The van der Waals surface area contributed by atoms with Crippen molar-refractivity contribution in [3.8, 4) is 0 Å². The van der Waals surface area contributed by atoms with Crippen LogP contribution in [-0.4, -0.2) is 34.1 Å². The fraction of sp³-hybridized carbons (Fsp3) is 0.632. The van der Waals surface area contributed by atoms with E-state index in [2.05, 4.69) is 54.5 Å². The van der Waals surface area contributed by atoms with Crippen LogP contribution in [0.25, 0.3) is 11.0 Å². The number of para-hydroxylation sites is 2. The molecule has 0 aliphatic heterocycles. The van der Waals surface area contributed by atoms with Crippen molar-refractivity contribution in [2.45, 2.75) is 59.4 Å². The maximum atomic E-state index is 4.86. The van der Waals surface area contributed by atoms with E-state index in [1.165, 1.54) is 50.2 Å². The monoisotopic (exact) mass is 301 g/mol. The van der Waals surface area contributed by atoms with Crippen LogP contribution in [-0.2, 0) is 13.0 Å². The van der Waals surface area contributed by atoms with E-state index >= 15 is 0 Å². The average molecular weight is 301 g/mol. The van der Waals surface area contributed by atoms with Crippen LogP contribution in [0.4, 0.5) is 0 Å². The van der Waals surface area contributed by atoms with Gasteiger partial charge >= 0.3 is 0 Å². The van der Waals surface area contributed by atoms with Gasteiger partial charge in [0.2, 0.25) is 0 Å². The lowest BCUT2D eigenvalue weighted by atomic mass is 10.2. The van der Waals surface area contributed by atoms with Crippen molar-refractivity contribution in [1.82, 2.24) is 14.5 Å². The molecule has 0 radical (unpaired) electrons. The van der Waals surface area contributed by atoms with Crippen molar-refractivity contribution in [2.24, 2.45) is 0 Å². The van der Waals surface area contributed by atoms with Gasteiger partial charge in [-0.15, -0.1) is 0 Å². The molecule has 1 aromatic heterocycles. The van der Waals surface area contributed by atoms with Crippen LogP contribution < -0.4 is 0 Å². The summed E-state index contributed by atoms with van der Waals surface area (Å²) in [5, 5.41) is 0. The number of nitrogens with zero attached hydrogens (tertiary/aromatic N) is 3. The minimum Gasteiger partial charge on any atom is -0.328 e. The first-order valence-electron chi connectivity index (χ1n) is 8.96. The third-order valence-corrected chi connectivity index (χ3v) is 4.14. The first kappa shape index (κ1) is 17.0. The maximum Gasteiger partial charge on any atom is 0.109 e. The second-order valence-corrected chi connectivity index (χ2v) is 6.11. The molecule has 3 nitrogen and oxygen atoms in total. The number of aryl methyl sites for hydroxylation is 2. The van der Waals surface area contributed by atoms with Crippen molar-refractivity contribution in [1.29, 1.82) is 0 Å². The van der Waals surface area contributed by atoms with Gasteiger partial charge < -0.3 is 9.47 Å². The number of hydrogen-bond acceptors (Lipinski definition) is 2. The summed E-state index contributed by atoms with van der Waals surface area (Å²) in [6.45, 7) is 11.5. The fourth-order valence-electron chi connectivity index (χ4n) is 3.22. The SMILES string of the molecule is CCCN(CCC)CCCc1nc2ccccc2n1CCC. The molecule has 0 saturated heterocycles. The van der Waals surface area contributed by atoms with E-state index in [1.807, 2.05) is 0 Å². The van der Waals surface area contributed by atoms with Gasteiger partial charge in [-0.3, -0.25) is 0 Å². The highest BCUT2D eigenvalue weighted by Gasteiger charge is 2.10. The average Bonchev–Trinajstić information content (AvgIpc) is 2.86. The Morgan fingerprint density at radius 1 is 0.955 bits per heavy atom. The molecule has 2 aromatic rings. The van der Waals surface area contributed by atoms with E-state index in [4.69, 9.17) is 4.98 Å². The molecule has 1 heterocycles. The lowest BCUT2D eigenvalue weighted by Crippen LogP contribution is -2.27. The Bertz CT molecular complexity index is 553. The van der Waals surface area contributed by atoms with Gasteiger partial charge in [0.25, 0.3) is 0 Å². The zero-order chi connectivity index (χ0) is 15.8. The predicted octanol–water partition coefficient (Wildman–Crippen LogP) is 4.50. The molecule has 3 heteroatoms. The van der Waals surface area contributed by atoms with Gasteiger partial charge in [0.15, 0.2) is 0 Å². The normalized spacial score (nSPS) is 11.6. The van der Waals surface area contributed by atoms with Crippen molar-refractivity contribution < 1.29 is 0 Å². The molecule has 0 spiro atoms. The molecule has 122 valence electrons. The summed E-state index contributed by atoms with van der Waals surface area (Å²) in [6.07, 6.45) is 5.93. The molecule has 0 aliphatic rings. The highest BCUT2D eigenvalue weighted by atomic mass is 15.1. The number of imidazole rings is 1. The van der Waals surface area contributed by atoms with Gasteiger partial charge in [0.1, 0.15) is 5.82 Å². The summed E-state index contributed by atoms with van der Waals surface area (Å²) < 4.78 is 2.42. The Labute approximate surface area is 135 Å². The first-order chi connectivity index (χ1) is 10.8. The lowest BCUT2D eigenvalue weighted by molar-refractivity contribution is 0.270. The summed E-state index contributed by atoms with van der Waals surface area (Å²) in [6, 6.07) is 8.53. The Hall–Kier alpha value is -1.35. The van der Waals surface area contributed by atoms with E-state index in [1.54, 1.807) is 0 Å². The predicted molar refractivity (Wildman–Crippen MR) is 95.4 cm³/mol. The molecule has 0 fully saturated rings. The molecule has 0 amide bonds. The molecular formula is C19H31N3. The zero-order valence-electron chi connectivity index (χ0n) is 14.5. The van der Waals surface area contributed by atoms with Gasteiger partial charge in [-0.05, 0) is 57.5 Å². The van der Waals surface area contributed by atoms with Gasteiger partial charge in [-0.25, -0.2) is 4.98 Å². The topological polar surface area (TPSA) is 21.1 Å². The quantitative estimate of drug-likeness (QED) is 0.644. The second-order valence-electron chi connectivity index (χ2n) is 6.11. The number of benzene rings is 1. The van der Waals surface area contributed by atoms with E-state index in [-0.39, 0.29) is 0 Å². The molecule has 1 aromatic carbocycles. The molecule has 0 unspecified atom stereocenters. The first-order valence-corrected chi connectivity index (χ1v) is 8.96. The lowest BCUT2D eigenvalue weighted by Gasteiger charge is -2.20. The maximum absolute atomic E-state index is 4.86. The summed E-state index contributed by atoms with van der Waals surface area (Å²) >= 11 is 0. The largest absolute Gasteiger partial charge is 0.328 e. The van der Waals surface area contributed by atoms with Crippen LogP contribution in [0, 0.1) is 0 Å². The van der Waals surface area contributed by atoms with E-state index in [9.17, 15) is 0 Å². The molecule has 2 rings (SSSR count).